The van der Waals surface area contributed by atoms with Crippen molar-refractivity contribution in [1.82, 2.24) is 28.9 Å². The lowest BCUT2D eigenvalue weighted by atomic mass is 9.97. The van der Waals surface area contributed by atoms with Gasteiger partial charge in [0.05, 0.1) is 18.6 Å². The molecule has 0 aromatic carbocycles. The summed E-state index contributed by atoms with van der Waals surface area (Å²) >= 11 is 0. The molecule has 0 bridgehead atoms. The fraction of sp³-hybridized carbons (Fsp3) is 0.704. The second-order valence-corrected chi connectivity index (χ2v) is 10.4. The molecule has 0 atom stereocenters. The fourth-order valence-corrected chi connectivity index (χ4v) is 5.33. The number of piperidine rings is 1. The molecule has 0 amide bonds. The summed E-state index contributed by atoms with van der Waals surface area (Å²) in [5.41, 5.74) is 0.152. The van der Waals surface area contributed by atoms with Crippen LogP contribution in [0.15, 0.2) is 9.59 Å². The number of rotatable bonds is 8. The number of nitrogens with one attached hydrogen (secondary N) is 1. The minimum absolute atomic E-state index is 0.0494. The molecule has 2 aliphatic heterocycles. The Morgan fingerprint density at radius 2 is 1.87 bits per heavy atom. The van der Waals surface area contributed by atoms with Gasteiger partial charge >= 0.3 is 11.7 Å². The number of hydrogen-bond donors (Lipinski definition) is 1. The topological polar surface area (TPSA) is 107 Å². The Morgan fingerprint density at radius 1 is 1.11 bits per heavy atom. The second kappa shape index (κ2) is 12.6. The van der Waals surface area contributed by atoms with Crippen LogP contribution in [0.1, 0.15) is 46.5 Å². The van der Waals surface area contributed by atoms with E-state index in [2.05, 4.69) is 27.0 Å². The summed E-state index contributed by atoms with van der Waals surface area (Å²) in [4.78, 5) is 48.4. The van der Waals surface area contributed by atoms with Crippen LogP contribution in [0.25, 0.3) is 11.2 Å². The van der Waals surface area contributed by atoms with E-state index in [4.69, 9.17) is 9.72 Å². The molecule has 0 spiro atoms. The van der Waals surface area contributed by atoms with Gasteiger partial charge in [-0.2, -0.15) is 4.98 Å². The SMILES string of the molecule is CC#CCn1c(N2CCCNCC2)nc2c1c(=O)n(CCCN1CCC(C(=O)OC(C)C)CC1)c(=O)n2C. The van der Waals surface area contributed by atoms with Crippen molar-refractivity contribution in [1.29, 1.82) is 0 Å². The summed E-state index contributed by atoms with van der Waals surface area (Å²) in [5.74, 6) is 6.54. The summed E-state index contributed by atoms with van der Waals surface area (Å²) in [6.07, 6.45) is 3.08. The molecule has 4 heterocycles. The number of hydrogen-bond acceptors (Lipinski definition) is 8. The number of anilines is 1. The van der Waals surface area contributed by atoms with E-state index in [9.17, 15) is 14.4 Å². The first-order valence-corrected chi connectivity index (χ1v) is 13.8. The van der Waals surface area contributed by atoms with E-state index < -0.39 is 0 Å². The lowest BCUT2D eigenvalue weighted by Crippen LogP contribution is -2.41. The van der Waals surface area contributed by atoms with E-state index in [1.165, 1.54) is 9.13 Å². The number of aryl methyl sites for hydroxylation is 1. The highest BCUT2D eigenvalue weighted by molar-refractivity contribution is 5.75. The molecule has 2 aromatic heterocycles. The zero-order chi connectivity index (χ0) is 27.2. The highest BCUT2D eigenvalue weighted by Crippen LogP contribution is 2.21. The van der Waals surface area contributed by atoms with E-state index in [1.54, 1.807) is 14.0 Å². The summed E-state index contributed by atoms with van der Waals surface area (Å²) in [6, 6.07) is 0. The molecule has 2 saturated heterocycles. The van der Waals surface area contributed by atoms with Gasteiger partial charge in [-0.15, -0.1) is 5.92 Å². The molecule has 38 heavy (non-hydrogen) atoms. The lowest BCUT2D eigenvalue weighted by Gasteiger charge is -2.31. The van der Waals surface area contributed by atoms with E-state index in [-0.39, 0.29) is 29.2 Å². The molecule has 2 aromatic rings. The third kappa shape index (κ3) is 6.13. The number of imidazole rings is 1. The van der Waals surface area contributed by atoms with Crippen molar-refractivity contribution in [3.05, 3.63) is 20.8 Å². The highest BCUT2D eigenvalue weighted by atomic mass is 16.5. The molecule has 0 saturated carbocycles. The number of esters is 1. The summed E-state index contributed by atoms with van der Waals surface area (Å²) in [6.45, 7) is 11.9. The highest BCUT2D eigenvalue weighted by Gasteiger charge is 2.27. The largest absolute Gasteiger partial charge is 0.463 e. The van der Waals surface area contributed by atoms with Crippen molar-refractivity contribution in [2.24, 2.45) is 13.0 Å². The lowest BCUT2D eigenvalue weighted by molar-refractivity contribution is -0.154. The van der Waals surface area contributed by atoms with Crippen LogP contribution >= 0.6 is 0 Å². The Hall–Kier alpha value is -3.10. The van der Waals surface area contributed by atoms with Gasteiger partial charge in [0.15, 0.2) is 11.2 Å². The molecule has 0 aliphatic carbocycles. The molecule has 0 radical (unpaired) electrons. The van der Waals surface area contributed by atoms with Gasteiger partial charge in [-0.05, 0) is 72.6 Å². The van der Waals surface area contributed by atoms with Crippen molar-refractivity contribution in [2.75, 3.05) is 50.7 Å². The van der Waals surface area contributed by atoms with Crippen LogP contribution in [-0.2, 0) is 29.7 Å². The first-order valence-electron chi connectivity index (χ1n) is 13.8. The summed E-state index contributed by atoms with van der Waals surface area (Å²) in [5, 5.41) is 3.40. The van der Waals surface area contributed by atoms with Crippen molar-refractivity contribution < 1.29 is 9.53 Å². The zero-order valence-electron chi connectivity index (χ0n) is 23.2. The summed E-state index contributed by atoms with van der Waals surface area (Å²) in [7, 11) is 1.68. The second-order valence-electron chi connectivity index (χ2n) is 10.4. The predicted octanol–water partition coefficient (Wildman–Crippen LogP) is 0.773. The number of fused-ring (bicyclic) bond motifs is 1. The monoisotopic (exact) mass is 527 g/mol. The molecule has 1 N–H and O–H groups in total. The molecule has 0 unspecified atom stereocenters. The van der Waals surface area contributed by atoms with Crippen LogP contribution in [0.4, 0.5) is 5.95 Å². The normalized spacial score (nSPS) is 17.4. The smallest absolute Gasteiger partial charge is 0.332 e. The number of likely N-dealkylation sites (tertiary alicyclic amines) is 1. The maximum Gasteiger partial charge on any atom is 0.332 e. The van der Waals surface area contributed by atoms with Crippen molar-refractivity contribution in [3.8, 4) is 11.8 Å². The molecule has 2 aliphatic rings. The molecule has 4 rings (SSSR count). The average Bonchev–Trinajstić information content (AvgIpc) is 3.07. The van der Waals surface area contributed by atoms with Gasteiger partial charge in [0.1, 0.15) is 0 Å². The van der Waals surface area contributed by atoms with Gasteiger partial charge in [-0.1, -0.05) is 5.92 Å². The molecule has 11 nitrogen and oxygen atoms in total. The summed E-state index contributed by atoms with van der Waals surface area (Å²) < 4.78 is 10.1. The number of carbonyl (C=O) groups excluding carboxylic acids is 1. The number of carbonyl (C=O) groups is 1. The first-order chi connectivity index (χ1) is 18.3. The van der Waals surface area contributed by atoms with Crippen molar-refractivity contribution in [2.45, 2.75) is 65.6 Å². The van der Waals surface area contributed by atoms with Crippen LogP contribution < -0.4 is 21.5 Å². The van der Waals surface area contributed by atoms with Gasteiger partial charge in [-0.3, -0.25) is 23.3 Å². The Morgan fingerprint density at radius 3 is 2.58 bits per heavy atom. The molecule has 208 valence electrons. The van der Waals surface area contributed by atoms with Gasteiger partial charge < -0.3 is 19.9 Å². The van der Waals surface area contributed by atoms with Gasteiger partial charge in [0, 0.05) is 33.2 Å². The minimum atomic E-state index is -0.354. The third-order valence-corrected chi connectivity index (χ3v) is 7.38. The number of aromatic nitrogens is 4. The van der Waals surface area contributed by atoms with E-state index in [0.717, 1.165) is 65.1 Å². The number of nitrogens with zero attached hydrogens (tertiary/aromatic N) is 6. The van der Waals surface area contributed by atoms with Crippen LogP contribution in [0.3, 0.4) is 0 Å². The average molecular weight is 528 g/mol. The molecular formula is C27H41N7O4. The Balaban J connectivity index is 1.52. The Bertz CT molecular complexity index is 1300. The van der Waals surface area contributed by atoms with E-state index >= 15 is 0 Å². The van der Waals surface area contributed by atoms with Crippen LogP contribution in [0.2, 0.25) is 0 Å². The number of ether oxygens (including phenoxy) is 1. The Kier molecular flexibility index (Phi) is 9.28. The minimum Gasteiger partial charge on any atom is -0.463 e. The first kappa shape index (κ1) is 27.9. The van der Waals surface area contributed by atoms with E-state index in [0.29, 0.717) is 36.6 Å². The van der Waals surface area contributed by atoms with Crippen LogP contribution in [0.5, 0.6) is 0 Å². The van der Waals surface area contributed by atoms with Crippen LogP contribution in [-0.4, -0.2) is 81.5 Å². The van der Waals surface area contributed by atoms with E-state index in [1.807, 2.05) is 18.4 Å². The third-order valence-electron chi connectivity index (χ3n) is 7.38. The molecule has 2 fully saturated rings. The van der Waals surface area contributed by atoms with Gasteiger partial charge in [0.2, 0.25) is 5.95 Å². The predicted molar refractivity (Wildman–Crippen MR) is 147 cm³/mol. The Labute approximate surface area is 223 Å². The molecule has 11 heteroatoms. The van der Waals surface area contributed by atoms with Gasteiger partial charge in [-0.25, -0.2) is 4.79 Å². The fourth-order valence-electron chi connectivity index (χ4n) is 5.33. The van der Waals surface area contributed by atoms with Crippen LogP contribution in [0, 0.1) is 17.8 Å². The quantitative estimate of drug-likeness (QED) is 0.397. The molecular weight excluding hydrogens is 486 g/mol. The zero-order valence-corrected chi connectivity index (χ0v) is 23.2. The van der Waals surface area contributed by atoms with Gasteiger partial charge in [0.25, 0.3) is 5.56 Å². The van der Waals surface area contributed by atoms with Crippen molar-refractivity contribution >= 4 is 23.1 Å². The maximum absolute atomic E-state index is 13.7. The van der Waals surface area contributed by atoms with Crippen molar-refractivity contribution in [3.63, 3.8) is 0 Å². The standard InChI is InChI=1S/C27H41N7O4/c1-5-6-15-33-22-23(29-26(33)32-14-7-11-28-12-19-32)30(4)27(37)34(24(22)35)16-8-13-31-17-9-21(10-18-31)25(36)38-20(2)3/h20-21,28H,7-19H2,1-4H3. The maximum atomic E-state index is 13.7.